The fourth-order valence-electron chi connectivity index (χ4n) is 1.52. The van der Waals surface area contributed by atoms with Crippen LogP contribution in [0.4, 0.5) is 0 Å². The summed E-state index contributed by atoms with van der Waals surface area (Å²) in [7, 11) is 0. The summed E-state index contributed by atoms with van der Waals surface area (Å²) in [6.45, 7) is 1.10. The van der Waals surface area contributed by atoms with Gasteiger partial charge in [0.2, 0.25) is 0 Å². The second-order valence-electron chi connectivity index (χ2n) is 2.87. The van der Waals surface area contributed by atoms with Crippen LogP contribution < -0.4 is 4.72 Å². The number of rotatable bonds is 2. The minimum atomic E-state index is 0. The van der Waals surface area contributed by atoms with Crippen molar-refractivity contribution < 1.29 is 1.43 Å². The van der Waals surface area contributed by atoms with Gasteiger partial charge in [-0.3, -0.25) is 4.72 Å². The van der Waals surface area contributed by atoms with E-state index >= 15 is 0 Å². The van der Waals surface area contributed by atoms with Gasteiger partial charge in [0.05, 0.1) is 0 Å². The van der Waals surface area contributed by atoms with Crippen LogP contribution in [0.2, 0.25) is 0 Å². The van der Waals surface area contributed by atoms with Crippen LogP contribution in [0.1, 0.15) is 33.5 Å². The first-order chi connectivity index (χ1) is 4.43. The Labute approximate surface area is 64.2 Å². The van der Waals surface area contributed by atoms with Crippen LogP contribution in [-0.4, -0.2) is 6.54 Å². The Hall–Kier alpha value is 0.310. The zero-order valence-electron chi connectivity index (χ0n) is 5.77. The Morgan fingerprint density at radius 3 is 2.56 bits per heavy atom. The molecule has 0 aromatic carbocycles. The molecule has 0 aliphatic heterocycles. The van der Waals surface area contributed by atoms with Crippen molar-refractivity contribution in [1.29, 1.82) is 0 Å². The highest BCUT2D eigenvalue weighted by molar-refractivity contribution is 7.78. The van der Waals surface area contributed by atoms with Gasteiger partial charge < -0.3 is 0 Å². The maximum absolute atomic E-state index is 3.98. The van der Waals surface area contributed by atoms with Crippen molar-refractivity contribution >= 4 is 12.8 Å². The molecule has 1 saturated carbocycles. The number of nitrogens with one attached hydrogen (secondary N) is 1. The highest BCUT2D eigenvalue weighted by Crippen LogP contribution is 2.22. The van der Waals surface area contributed by atoms with E-state index in [1.54, 1.807) is 0 Å². The normalized spacial score (nSPS) is 22.3. The highest BCUT2D eigenvalue weighted by Gasteiger charge is 2.11. The first-order valence-corrected chi connectivity index (χ1v) is 4.25. The summed E-state index contributed by atoms with van der Waals surface area (Å²) >= 11 is 3.98. The van der Waals surface area contributed by atoms with Crippen LogP contribution in [0.5, 0.6) is 0 Å². The third-order valence-corrected chi connectivity index (χ3v) is 2.29. The largest absolute Gasteiger partial charge is 0.267 e. The fourth-order valence-corrected chi connectivity index (χ4v) is 1.78. The number of thiol groups is 1. The van der Waals surface area contributed by atoms with Crippen molar-refractivity contribution in [1.82, 2.24) is 4.72 Å². The maximum atomic E-state index is 3.98. The second-order valence-corrected chi connectivity index (χ2v) is 3.18. The van der Waals surface area contributed by atoms with Gasteiger partial charge in [0, 0.05) is 7.97 Å². The minimum absolute atomic E-state index is 0. The molecule has 56 valence electrons. The highest BCUT2D eigenvalue weighted by atomic mass is 32.1. The molecule has 0 aromatic rings. The fraction of sp³-hybridized carbons (Fsp3) is 1.00. The Balaban J connectivity index is 0.000000810. The molecule has 9 heavy (non-hydrogen) atoms. The molecular formula is C7H17NS. The van der Waals surface area contributed by atoms with Gasteiger partial charge >= 0.3 is 0 Å². The van der Waals surface area contributed by atoms with Crippen molar-refractivity contribution in [3.8, 4) is 0 Å². The maximum Gasteiger partial charge on any atom is 0.00845 e. The molecule has 0 aromatic heterocycles. The SMILES string of the molecule is SNCC1CCCCC1.[HH]. The standard InChI is InChI=1S/C7H15NS.H2/c9-8-6-7-4-2-1-3-5-7;/h7-9H,1-6H2;1H. The summed E-state index contributed by atoms with van der Waals surface area (Å²) in [5, 5.41) is 0. The lowest BCUT2D eigenvalue weighted by Gasteiger charge is -2.20. The van der Waals surface area contributed by atoms with Crippen LogP contribution in [0.3, 0.4) is 0 Å². The summed E-state index contributed by atoms with van der Waals surface area (Å²) in [4.78, 5) is 0. The number of hydrogen-bond acceptors (Lipinski definition) is 2. The summed E-state index contributed by atoms with van der Waals surface area (Å²) in [5.41, 5.74) is 0. The topological polar surface area (TPSA) is 12.0 Å². The Kier molecular flexibility index (Phi) is 3.44. The van der Waals surface area contributed by atoms with Crippen LogP contribution in [0.25, 0.3) is 0 Å². The van der Waals surface area contributed by atoms with Crippen LogP contribution in [-0.2, 0) is 0 Å². The molecule has 1 aliphatic rings. The van der Waals surface area contributed by atoms with Crippen LogP contribution in [0, 0.1) is 5.92 Å². The van der Waals surface area contributed by atoms with E-state index in [0.29, 0.717) is 0 Å². The molecule has 0 atom stereocenters. The predicted octanol–water partition coefficient (Wildman–Crippen LogP) is 2.25. The zero-order chi connectivity index (χ0) is 6.53. The molecule has 0 amide bonds. The van der Waals surface area contributed by atoms with Gasteiger partial charge in [-0.25, -0.2) is 0 Å². The van der Waals surface area contributed by atoms with E-state index in [9.17, 15) is 0 Å². The van der Waals surface area contributed by atoms with E-state index in [4.69, 9.17) is 0 Å². The van der Waals surface area contributed by atoms with Gasteiger partial charge in [-0.2, -0.15) is 0 Å². The molecular weight excluding hydrogens is 130 g/mol. The molecule has 0 heterocycles. The molecule has 2 heteroatoms. The van der Waals surface area contributed by atoms with Crippen molar-refractivity contribution in [2.75, 3.05) is 6.54 Å². The molecule has 0 bridgehead atoms. The van der Waals surface area contributed by atoms with E-state index in [0.717, 1.165) is 12.5 Å². The molecule has 1 rings (SSSR count). The van der Waals surface area contributed by atoms with E-state index in [-0.39, 0.29) is 1.43 Å². The summed E-state index contributed by atoms with van der Waals surface area (Å²) in [5.74, 6) is 0.913. The molecule has 1 N–H and O–H groups in total. The molecule has 0 radical (unpaired) electrons. The van der Waals surface area contributed by atoms with Gasteiger partial charge in [0.25, 0.3) is 0 Å². The van der Waals surface area contributed by atoms with Gasteiger partial charge in [-0.15, -0.1) is 0 Å². The third-order valence-electron chi connectivity index (χ3n) is 2.10. The molecule has 0 unspecified atom stereocenters. The number of hydrogen-bond donors (Lipinski definition) is 2. The summed E-state index contributed by atoms with van der Waals surface area (Å²) in [6.07, 6.45) is 7.13. The third kappa shape index (κ3) is 2.59. The van der Waals surface area contributed by atoms with Gasteiger partial charge in [-0.05, 0) is 18.8 Å². The van der Waals surface area contributed by atoms with Crippen molar-refractivity contribution in [3.05, 3.63) is 0 Å². The average Bonchev–Trinajstić information content (AvgIpc) is 1.91. The second kappa shape index (κ2) is 4.18. The predicted molar refractivity (Wildman–Crippen MR) is 45.7 cm³/mol. The molecule has 0 spiro atoms. The Morgan fingerprint density at radius 2 is 2.00 bits per heavy atom. The van der Waals surface area contributed by atoms with Gasteiger partial charge in [0.1, 0.15) is 0 Å². The van der Waals surface area contributed by atoms with Crippen LogP contribution >= 0.6 is 12.8 Å². The van der Waals surface area contributed by atoms with Gasteiger partial charge in [0.15, 0.2) is 0 Å². The Morgan fingerprint density at radius 1 is 1.33 bits per heavy atom. The van der Waals surface area contributed by atoms with E-state index < -0.39 is 0 Å². The smallest absolute Gasteiger partial charge is 0.00845 e. The first kappa shape index (κ1) is 7.42. The Bertz CT molecular complexity index is 71.3. The lowest BCUT2D eigenvalue weighted by molar-refractivity contribution is 0.360. The van der Waals surface area contributed by atoms with Crippen molar-refractivity contribution in [2.24, 2.45) is 5.92 Å². The molecule has 0 saturated heterocycles. The van der Waals surface area contributed by atoms with Gasteiger partial charge in [-0.1, -0.05) is 32.1 Å². The zero-order valence-corrected chi connectivity index (χ0v) is 6.66. The van der Waals surface area contributed by atoms with E-state index in [1.165, 1.54) is 32.1 Å². The summed E-state index contributed by atoms with van der Waals surface area (Å²) in [6, 6.07) is 0. The average molecular weight is 147 g/mol. The van der Waals surface area contributed by atoms with E-state index in [2.05, 4.69) is 17.5 Å². The quantitative estimate of drug-likeness (QED) is 0.571. The lowest BCUT2D eigenvalue weighted by Crippen LogP contribution is -2.17. The molecule has 1 nitrogen and oxygen atoms in total. The van der Waals surface area contributed by atoms with Crippen molar-refractivity contribution in [2.45, 2.75) is 32.1 Å². The van der Waals surface area contributed by atoms with Crippen molar-refractivity contribution in [3.63, 3.8) is 0 Å². The molecule has 1 aliphatic carbocycles. The minimum Gasteiger partial charge on any atom is -0.267 e. The first-order valence-electron chi connectivity index (χ1n) is 3.80. The summed E-state index contributed by atoms with van der Waals surface area (Å²) < 4.78 is 2.93. The van der Waals surface area contributed by atoms with E-state index in [1.807, 2.05) is 0 Å². The van der Waals surface area contributed by atoms with Crippen LogP contribution in [0.15, 0.2) is 0 Å². The monoisotopic (exact) mass is 147 g/mol. The lowest BCUT2D eigenvalue weighted by atomic mass is 9.90. The molecule has 1 fully saturated rings.